The van der Waals surface area contributed by atoms with Gasteiger partial charge in [-0.2, -0.15) is 0 Å². The minimum Gasteiger partial charge on any atom is -0.432 e. The first-order chi connectivity index (χ1) is 73.8. The second-order valence-electron chi connectivity index (χ2n) is 11.5. The van der Waals surface area contributed by atoms with Crippen LogP contribution in [0.15, 0.2) is 0 Å². The molecule has 887 valence electrons. The molecule has 0 aliphatic heterocycles. The quantitative estimate of drug-likeness (QED) is 0.0236. The Morgan fingerprint density at radius 3 is 0.277 bits per heavy atom. The van der Waals surface area contributed by atoms with Gasteiger partial charge < -0.3 is 4.74 Å². The molecule has 0 saturated heterocycles. The van der Waals surface area contributed by atoms with Crippen LogP contribution >= 0.6 is 0 Å². The van der Waals surface area contributed by atoms with Crippen molar-refractivity contribution in [2.45, 2.75) is 13.3 Å². The Bertz CT molecular complexity index is 1980. The largest absolute Gasteiger partial charge is 0.542 e. The molecule has 0 aliphatic rings. The molecule has 140 heteroatoms. The highest BCUT2D eigenvalue weighted by Gasteiger charge is 2.14. The third kappa shape index (κ3) is 138. The molecule has 0 aromatic carbocycles. The number of carbonyl (C=O) groups excluding carboxylic acids is 1. The van der Waals surface area contributed by atoms with Gasteiger partial charge in [0.2, 0.25) is 0 Å². The molecule has 0 heterocycles. The number of carbonyl (C=O) groups is 1. The molecular weight excluding hydrogens is 2340 g/mol. The predicted octanol–water partition coefficient (Wildman–Crippen LogP) is -8.24. The van der Waals surface area contributed by atoms with Crippen LogP contribution in [0.2, 0.25) is 0 Å². The zero-order valence-electron chi connectivity index (χ0n) is 62.9. The van der Waals surface area contributed by atoms with E-state index in [1.54, 1.807) is 6.92 Å². The van der Waals surface area contributed by atoms with Gasteiger partial charge in [-0.05, 0) is 127 Å². The van der Waals surface area contributed by atoms with Gasteiger partial charge in [0, 0.05) is 549 Å². The van der Waals surface area contributed by atoms with E-state index in [0.717, 1.165) is 0 Å². The first-order valence-electron chi connectivity index (χ1n) is 26.8. The predicted molar refractivity (Wildman–Crippen MR) is 190 cm³/mol. The van der Waals surface area contributed by atoms with E-state index in [9.17, 15) is 10.1 Å². The Kier molecular flexibility index (Phi) is 133. The molecule has 140 nitrogen and oxygen atoms in total. The van der Waals surface area contributed by atoms with E-state index >= 15 is 0 Å². The van der Waals surface area contributed by atoms with E-state index < -0.39 is 32.6 Å². The number of hydrogen-bond acceptors (Lipinski definition) is 139. The molecule has 0 aromatic rings. The lowest BCUT2D eigenvalue weighted by Gasteiger charge is -2.02. The van der Waals surface area contributed by atoms with Crippen LogP contribution in [-0.2, 0) is 699 Å². The van der Waals surface area contributed by atoms with Crippen molar-refractivity contribution in [3.63, 3.8) is 0 Å². The fourth-order valence-corrected chi connectivity index (χ4v) is 2.03. The highest BCUT2D eigenvalue weighted by atomic mass is 18.1. The summed E-state index contributed by atoms with van der Waals surface area (Å²) in [6.45, 7) is -0.0603. The second kappa shape index (κ2) is 139. The average Bonchev–Trinajstić information content (AvgIpc) is 1.05. The molecule has 0 aromatic heterocycles. The summed E-state index contributed by atoms with van der Waals surface area (Å²) in [4.78, 5) is 31.5. The third-order valence-electron chi connectivity index (χ3n) is 4.80. The van der Waals surface area contributed by atoms with Crippen molar-refractivity contribution in [1.29, 1.82) is 0 Å². The van der Waals surface area contributed by atoms with Crippen molar-refractivity contribution in [1.82, 2.24) is 0 Å². The zero-order chi connectivity index (χ0) is 105. The molecule has 148 heavy (non-hydrogen) atoms. The monoisotopic (exact) mass is 2350 g/mol. The maximum Gasteiger partial charge on any atom is 0.542 e. The Balaban J connectivity index is 3.11. The van der Waals surface area contributed by atoms with Crippen molar-refractivity contribution >= 4 is 6.16 Å². The number of hydrogen-bond donors (Lipinski definition) is 0. The van der Waals surface area contributed by atoms with Crippen LogP contribution in [0.3, 0.4) is 0 Å². The van der Waals surface area contributed by atoms with E-state index in [4.69, 9.17) is 0 Å². The van der Waals surface area contributed by atoms with Gasteiger partial charge in [-0.1, -0.05) is 6.92 Å². The lowest BCUT2D eigenvalue weighted by Crippen LogP contribution is -2.10. The normalized spacial score (nSPS) is 11.8. The molecule has 0 bridgehead atoms. The first kappa shape index (κ1) is 142. The topological polar surface area (TPSA) is 1310 Å². The summed E-state index contributed by atoms with van der Waals surface area (Å²) in [6, 6.07) is 0. The second-order valence-corrected chi connectivity index (χ2v) is 11.5. The minimum atomic E-state index is -1.28. The summed E-state index contributed by atoms with van der Waals surface area (Å²) in [5, 5.41) is 475. The summed E-state index contributed by atoms with van der Waals surface area (Å²) in [5.74, 6) is 0. The van der Waals surface area contributed by atoms with Gasteiger partial charge in [0.25, 0.3) is 0 Å². The van der Waals surface area contributed by atoms with Crippen LogP contribution in [0, 0.1) is 0 Å². The summed E-state index contributed by atoms with van der Waals surface area (Å²) in [7, 11) is 0. The highest BCUT2D eigenvalue weighted by Crippen LogP contribution is 2.07. The van der Waals surface area contributed by atoms with E-state index in [1.165, 1.54) is 0 Å². The fourth-order valence-electron chi connectivity index (χ4n) is 2.03. The summed E-state index contributed by atoms with van der Waals surface area (Å²) in [5.41, 5.74) is 0. The Morgan fingerprint density at radius 1 is 0.108 bits per heavy atom. The standard InChI is InChI=1S/C8H15O140/c1-2-3-11-8(9)16-22-28-34-40-44-47-49-51-53-55-57-59-61-63-65-67-69-71-73-75-77-79-81-83-85-87-89-91-93-95-97-99-101-103-105-107-109-111-113-115-117-119-121-123-125-127-129-131-133-135-137-139-141-143-145-147-148-146-144-142-140-138-136-134-132-130-128-126-124-122-120-118-116-114-112-110-108-106-104-102-100-98-96-94-92-90-88-86-84-82-80-78-76-74-72-70-68-66-64-62-60-58-56-54-52-50-48-46-43-39-33-27-21-15-7-5-13-19-25-31-37-36-30-24-18-12-4-6-14-20-26-32-38-42-45-41-35-29-23-17-10/h2-7H2,1H3. The SMILES string of the molecule is CCCOC(=O)OOOOOOOOOOOOOOOOOOOOOOOOOOOOOOOOOOOOOOOOOOOOOOOOOOOOOOOOOOOOOOOOOOOOOOOOOOOOOOOOOOOOOOOOOOOOOOOOOOOOOOOOOOOOOOOOOOOCCOOOOOOOOOOCCOOOOOOOOOOOO[O]. The minimum absolute atomic E-state index is 0.0286. The Labute approximate surface area is 758 Å². The van der Waals surface area contributed by atoms with Crippen LogP contribution in [0.1, 0.15) is 13.3 Å². The van der Waals surface area contributed by atoms with Gasteiger partial charge in [-0.15, -0.1) is 0 Å². The van der Waals surface area contributed by atoms with Crippen molar-refractivity contribution in [2.75, 3.05) is 33.0 Å². The average molecular weight is 2350 g/mol. The van der Waals surface area contributed by atoms with E-state index in [2.05, 4.69) is 694 Å². The molecule has 0 saturated carbocycles. The van der Waals surface area contributed by atoms with Gasteiger partial charge in [0.15, 0.2) is 0 Å². The molecule has 0 atom stereocenters. The van der Waals surface area contributed by atoms with Crippen LogP contribution in [0.4, 0.5) is 4.79 Å². The van der Waals surface area contributed by atoms with Crippen molar-refractivity contribution in [3.8, 4) is 0 Å². The van der Waals surface area contributed by atoms with Crippen LogP contribution < -0.4 is 0 Å². The third-order valence-corrected chi connectivity index (χ3v) is 4.80. The molecule has 0 fully saturated rings. The lowest BCUT2D eigenvalue weighted by atomic mass is 10.5. The molecule has 0 spiro atoms. The lowest BCUT2D eigenvalue weighted by molar-refractivity contribution is -0.913. The van der Waals surface area contributed by atoms with Gasteiger partial charge in [0.05, 0.1) is 6.61 Å². The molecule has 0 amide bonds. The molecule has 1 radical (unpaired) electrons. The number of rotatable bonds is 142. The van der Waals surface area contributed by atoms with Crippen LogP contribution in [0.25, 0.3) is 0 Å². The highest BCUT2D eigenvalue weighted by molar-refractivity contribution is 5.58. The summed E-state index contributed by atoms with van der Waals surface area (Å²) < 4.78 is 4.39. The van der Waals surface area contributed by atoms with E-state index in [-0.39, 0.29) is 6.61 Å². The molecule has 0 unspecified atom stereocenters. The maximum atomic E-state index is 10.8. The maximum absolute atomic E-state index is 10.8. The van der Waals surface area contributed by atoms with Gasteiger partial charge >= 0.3 is 6.16 Å². The van der Waals surface area contributed by atoms with Crippen molar-refractivity contribution in [2.24, 2.45) is 0 Å². The summed E-state index contributed by atoms with van der Waals surface area (Å²) >= 11 is 0. The summed E-state index contributed by atoms with van der Waals surface area (Å²) in [6.07, 6.45) is -0.785. The van der Waals surface area contributed by atoms with Gasteiger partial charge in [-0.25, -0.2) is 29.2 Å². The van der Waals surface area contributed by atoms with E-state index in [0.29, 0.717) is 6.42 Å². The molecule has 0 rings (SSSR count). The fraction of sp³-hybridized carbons (Fsp3) is 0.875. The first-order valence-corrected chi connectivity index (χ1v) is 26.8. The molecular formula is C8H15O140. The van der Waals surface area contributed by atoms with Crippen LogP contribution in [0.5, 0.6) is 0 Å². The smallest absolute Gasteiger partial charge is 0.432 e. The van der Waals surface area contributed by atoms with Crippen LogP contribution in [-0.4, -0.2) is 39.2 Å². The Hall–Kier alpha value is -6.21. The van der Waals surface area contributed by atoms with Gasteiger partial charge in [0.1, 0.15) is 26.4 Å². The van der Waals surface area contributed by atoms with Gasteiger partial charge in [-0.3, -0.25) is 0 Å². The molecule has 0 aliphatic carbocycles. The van der Waals surface area contributed by atoms with E-state index in [1.807, 2.05) is 0 Å². The van der Waals surface area contributed by atoms with Crippen molar-refractivity contribution < 1.29 is 704 Å². The Morgan fingerprint density at radius 2 is 0.189 bits per heavy atom. The van der Waals surface area contributed by atoms with Crippen molar-refractivity contribution in [3.05, 3.63) is 0 Å². The number of ether oxygens (including phenoxy) is 1. The molecule has 0 N–H and O–H groups in total. The zero-order valence-corrected chi connectivity index (χ0v) is 62.9.